The maximum atomic E-state index is 12.8. The third-order valence-electron chi connectivity index (χ3n) is 4.48. The van der Waals surface area contributed by atoms with Gasteiger partial charge in [-0.1, -0.05) is 47.1 Å². The zero-order valence-electron chi connectivity index (χ0n) is 16.9. The Balaban J connectivity index is 1.46. The van der Waals surface area contributed by atoms with Gasteiger partial charge in [0.25, 0.3) is 5.91 Å². The highest BCUT2D eigenvalue weighted by Crippen LogP contribution is 2.33. The van der Waals surface area contributed by atoms with Crippen molar-refractivity contribution in [3.05, 3.63) is 80.9 Å². The first-order valence-corrected chi connectivity index (χ1v) is 11.4. The molecule has 1 aromatic heterocycles. The van der Waals surface area contributed by atoms with Gasteiger partial charge in [0.15, 0.2) is 4.32 Å². The lowest BCUT2D eigenvalue weighted by Crippen LogP contribution is -2.46. The average molecular weight is 534 g/mol. The van der Waals surface area contributed by atoms with Crippen LogP contribution in [0.5, 0.6) is 0 Å². The summed E-state index contributed by atoms with van der Waals surface area (Å²) in [6.45, 7) is 0. The van der Waals surface area contributed by atoms with E-state index in [1.54, 1.807) is 30.3 Å². The molecule has 4 rings (SSSR count). The number of thioether (sulfide) groups is 1. The lowest BCUT2D eigenvalue weighted by molar-refractivity contribution is -0.123. The number of anilines is 1. The van der Waals surface area contributed by atoms with Crippen LogP contribution in [0.1, 0.15) is 16.1 Å². The Labute approximate surface area is 212 Å². The second-order valence-electron chi connectivity index (χ2n) is 6.80. The highest BCUT2D eigenvalue weighted by molar-refractivity contribution is 8.26. The third kappa shape index (κ3) is 5.26. The summed E-state index contributed by atoms with van der Waals surface area (Å²) < 4.78 is 5.87. The fourth-order valence-electron chi connectivity index (χ4n) is 2.92. The van der Waals surface area contributed by atoms with Crippen molar-refractivity contribution in [1.82, 2.24) is 10.4 Å². The van der Waals surface area contributed by atoms with Gasteiger partial charge in [0.1, 0.15) is 11.5 Å². The van der Waals surface area contributed by atoms with E-state index in [-0.39, 0.29) is 19.8 Å². The lowest BCUT2D eigenvalue weighted by Gasteiger charge is -2.16. The number of carbonyl (C=O) groups excluding carboxylic acids is 2. The number of carboxylic acids is 1. The molecule has 2 aromatic carbocycles. The van der Waals surface area contributed by atoms with Crippen molar-refractivity contribution in [2.45, 2.75) is 0 Å². The molecule has 0 saturated carbocycles. The number of rotatable bonds is 5. The van der Waals surface area contributed by atoms with E-state index in [4.69, 9.17) is 44.9 Å². The maximum absolute atomic E-state index is 12.8. The number of carboxylic acid groups (broad SMARTS) is 1. The molecule has 3 amide bonds. The van der Waals surface area contributed by atoms with Gasteiger partial charge in [0, 0.05) is 17.3 Å². The van der Waals surface area contributed by atoms with Crippen molar-refractivity contribution in [2.24, 2.45) is 0 Å². The van der Waals surface area contributed by atoms with Crippen LogP contribution >= 0.6 is 47.2 Å². The number of urea groups is 1. The summed E-state index contributed by atoms with van der Waals surface area (Å²) in [5, 5.41) is 13.2. The van der Waals surface area contributed by atoms with Gasteiger partial charge in [-0.15, -0.1) is 0 Å². The summed E-state index contributed by atoms with van der Waals surface area (Å²) in [4.78, 5) is 36.5. The molecule has 2 heterocycles. The van der Waals surface area contributed by atoms with Gasteiger partial charge in [0.05, 0.1) is 20.5 Å². The van der Waals surface area contributed by atoms with Crippen LogP contribution in [0, 0.1) is 0 Å². The zero-order chi connectivity index (χ0) is 24.4. The Kier molecular flexibility index (Phi) is 6.94. The van der Waals surface area contributed by atoms with Gasteiger partial charge < -0.3 is 14.8 Å². The molecule has 34 heavy (non-hydrogen) atoms. The molecule has 0 bridgehead atoms. The highest BCUT2D eigenvalue weighted by Gasteiger charge is 2.34. The number of thiocarbonyl (C=S) groups is 1. The van der Waals surface area contributed by atoms with E-state index in [1.165, 1.54) is 30.3 Å². The van der Waals surface area contributed by atoms with E-state index in [0.717, 1.165) is 16.8 Å². The molecule has 0 spiro atoms. The number of hydrogen-bond acceptors (Lipinski definition) is 6. The molecule has 3 N–H and O–H groups in total. The molecule has 0 aliphatic carbocycles. The largest absolute Gasteiger partial charge is 0.478 e. The van der Waals surface area contributed by atoms with E-state index in [2.05, 4.69) is 10.7 Å². The molecular weight excluding hydrogens is 521 g/mol. The van der Waals surface area contributed by atoms with Crippen molar-refractivity contribution in [3.8, 4) is 11.3 Å². The molecule has 1 fully saturated rings. The van der Waals surface area contributed by atoms with E-state index in [1.807, 2.05) is 0 Å². The van der Waals surface area contributed by atoms with Crippen molar-refractivity contribution < 1.29 is 23.9 Å². The summed E-state index contributed by atoms with van der Waals surface area (Å²) in [5.74, 6) is -0.793. The minimum atomic E-state index is -1.05. The molecule has 3 aromatic rings. The molecule has 1 aliphatic rings. The van der Waals surface area contributed by atoms with Crippen molar-refractivity contribution in [3.63, 3.8) is 0 Å². The summed E-state index contributed by atoms with van der Waals surface area (Å²) in [5.41, 5.74) is 3.47. The van der Waals surface area contributed by atoms with Gasteiger partial charge in [0.2, 0.25) is 0 Å². The fourth-order valence-corrected chi connectivity index (χ4v) is 4.38. The third-order valence-corrected chi connectivity index (χ3v) is 6.52. The summed E-state index contributed by atoms with van der Waals surface area (Å²) in [6.07, 6.45) is 1.49. The number of furan rings is 1. The number of halogens is 2. The topological polar surface area (TPSA) is 112 Å². The number of benzene rings is 2. The second kappa shape index (κ2) is 9.90. The van der Waals surface area contributed by atoms with Gasteiger partial charge in [-0.3, -0.25) is 4.79 Å². The number of carbonyl (C=O) groups is 3. The van der Waals surface area contributed by atoms with Gasteiger partial charge >= 0.3 is 12.0 Å². The van der Waals surface area contributed by atoms with Gasteiger partial charge in [-0.25, -0.2) is 15.0 Å². The Morgan fingerprint density at radius 1 is 1.09 bits per heavy atom. The first-order chi connectivity index (χ1) is 16.2. The van der Waals surface area contributed by atoms with E-state index in [9.17, 15) is 14.4 Å². The maximum Gasteiger partial charge on any atom is 0.338 e. The van der Waals surface area contributed by atoms with Gasteiger partial charge in [-0.2, -0.15) is 5.01 Å². The Morgan fingerprint density at radius 3 is 2.62 bits per heavy atom. The Hall–Kier alpha value is -3.31. The SMILES string of the molecule is O=C(Nc1ccc(Cl)c(Cl)c1)NN1C(=O)/C(=C\c2ccc(-c3cccc(C(=O)O)c3)o2)SC1=S. The number of nitrogens with one attached hydrogen (secondary N) is 2. The fraction of sp³-hybridized carbons (Fsp3) is 0. The normalized spacial score (nSPS) is 14.5. The number of hydrogen-bond donors (Lipinski definition) is 3. The van der Waals surface area contributed by atoms with Crippen LogP contribution in [0.3, 0.4) is 0 Å². The van der Waals surface area contributed by atoms with Crippen molar-refractivity contribution >= 4 is 81.2 Å². The minimum Gasteiger partial charge on any atom is -0.478 e. The molecule has 0 atom stereocenters. The molecule has 8 nitrogen and oxygen atoms in total. The molecule has 1 aliphatic heterocycles. The number of amides is 3. The van der Waals surface area contributed by atoms with E-state index in [0.29, 0.717) is 27.8 Å². The van der Waals surface area contributed by atoms with Crippen LogP contribution in [-0.4, -0.2) is 32.3 Å². The quantitative estimate of drug-likeness (QED) is 0.277. The molecule has 172 valence electrons. The Bertz CT molecular complexity index is 1370. The second-order valence-corrected chi connectivity index (χ2v) is 9.29. The predicted molar refractivity (Wildman–Crippen MR) is 135 cm³/mol. The summed E-state index contributed by atoms with van der Waals surface area (Å²) in [6, 6.07) is 13.4. The molecule has 1 saturated heterocycles. The number of aromatic carboxylic acids is 1. The number of nitrogens with zero attached hydrogens (tertiary/aromatic N) is 1. The molecule has 12 heteroatoms. The summed E-state index contributed by atoms with van der Waals surface area (Å²) >= 11 is 18.0. The molecule has 0 unspecified atom stereocenters. The lowest BCUT2D eigenvalue weighted by atomic mass is 10.1. The minimum absolute atomic E-state index is 0.126. The first-order valence-electron chi connectivity index (χ1n) is 9.45. The van der Waals surface area contributed by atoms with Gasteiger partial charge in [-0.05, 0) is 54.7 Å². The molecular formula is C22H13Cl2N3O5S2. The van der Waals surface area contributed by atoms with Crippen molar-refractivity contribution in [2.75, 3.05) is 5.32 Å². The zero-order valence-corrected chi connectivity index (χ0v) is 20.0. The summed E-state index contributed by atoms with van der Waals surface area (Å²) in [7, 11) is 0. The average Bonchev–Trinajstić information content (AvgIpc) is 3.37. The predicted octanol–water partition coefficient (Wildman–Crippen LogP) is 5.89. The van der Waals surface area contributed by atoms with E-state index < -0.39 is 17.9 Å². The van der Waals surface area contributed by atoms with Crippen LogP contribution in [0.2, 0.25) is 10.0 Å². The van der Waals surface area contributed by atoms with Crippen LogP contribution in [0.25, 0.3) is 17.4 Å². The van der Waals surface area contributed by atoms with Crippen molar-refractivity contribution in [1.29, 1.82) is 0 Å². The van der Waals surface area contributed by atoms with Crippen LogP contribution in [0.4, 0.5) is 10.5 Å². The Morgan fingerprint density at radius 2 is 1.88 bits per heavy atom. The standard InChI is InChI=1S/C22H13Cl2N3O5S2/c23-15-6-4-13(9-16(15)24)25-21(31)26-27-19(28)18(34-22(27)33)10-14-5-7-17(32-14)11-2-1-3-12(8-11)20(29)30/h1-10H,(H,29,30)(H2,25,26,31)/b18-10+. The van der Waals surface area contributed by atoms with Crippen LogP contribution < -0.4 is 10.7 Å². The monoisotopic (exact) mass is 533 g/mol. The first kappa shape index (κ1) is 23.8. The number of hydrazine groups is 1. The van der Waals surface area contributed by atoms with Crippen LogP contribution in [0.15, 0.2) is 63.9 Å². The van der Waals surface area contributed by atoms with E-state index >= 15 is 0 Å². The van der Waals surface area contributed by atoms with Crippen LogP contribution in [-0.2, 0) is 4.79 Å². The smallest absolute Gasteiger partial charge is 0.338 e. The highest BCUT2D eigenvalue weighted by atomic mass is 35.5. The molecule has 0 radical (unpaired) electrons.